The molecule has 0 unspecified atom stereocenters. The van der Waals surface area contributed by atoms with Gasteiger partial charge < -0.3 is 15.0 Å². The Morgan fingerprint density at radius 3 is 2.43 bits per heavy atom. The molecule has 0 amide bonds. The van der Waals surface area contributed by atoms with E-state index in [-0.39, 0.29) is 0 Å². The topological polar surface area (TPSA) is 36.9 Å². The average molecular weight is 317 g/mol. The Labute approximate surface area is 140 Å². The number of nitrogens with one attached hydrogen (secondary N) is 1. The molecular formula is C19H31N3O. The predicted molar refractivity (Wildman–Crippen MR) is 97.1 cm³/mol. The van der Waals surface area contributed by atoms with E-state index in [2.05, 4.69) is 29.1 Å². The van der Waals surface area contributed by atoms with Gasteiger partial charge in [-0.2, -0.15) is 0 Å². The molecule has 0 atom stereocenters. The summed E-state index contributed by atoms with van der Waals surface area (Å²) in [6.07, 6.45) is 4.83. The highest BCUT2D eigenvalue weighted by atomic mass is 16.5. The Hall–Kier alpha value is -1.71. The third-order valence-corrected chi connectivity index (χ3v) is 4.70. The maximum absolute atomic E-state index is 6.06. The van der Waals surface area contributed by atoms with Crippen molar-refractivity contribution in [3.63, 3.8) is 0 Å². The number of hydrogen-bond acceptors (Lipinski definition) is 2. The van der Waals surface area contributed by atoms with Crippen LogP contribution in [0.2, 0.25) is 0 Å². The summed E-state index contributed by atoms with van der Waals surface area (Å²) in [7, 11) is 1.88. The van der Waals surface area contributed by atoms with E-state index in [1.165, 1.54) is 12.8 Å². The van der Waals surface area contributed by atoms with E-state index in [1.54, 1.807) is 0 Å². The van der Waals surface area contributed by atoms with Crippen LogP contribution in [-0.2, 0) is 0 Å². The van der Waals surface area contributed by atoms with Crippen molar-refractivity contribution in [2.75, 3.05) is 26.7 Å². The van der Waals surface area contributed by atoms with E-state index in [9.17, 15) is 0 Å². The summed E-state index contributed by atoms with van der Waals surface area (Å²) in [5.41, 5.74) is 0. The summed E-state index contributed by atoms with van der Waals surface area (Å²) in [4.78, 5) is 6.81. The number of benzene rings is 1. The molecule has 0 radical (unpaired) electrons. The molecule has 1 aliphatic rings. The number of guanidine groups is 1. The van der Waals surface area contributed by atoms with Gasteiger partial charge in [-0.05, 0) is 18.1 Å². The highest BCUT2D eigenvalue weighted by Gasteiger charge is 2.22. The summed E-state index contributed by atoms with van der Waals surface area (Å²) in [5, 5.41) is 3.54. The minimum Gasteiger partial charge on any atom is -0.490 e. The normalized spacial score (nSPS) is 16.7. The van der Waals surface area contributed by atoms with Crippen molar-refractivity contribution in [3.05, 3.63) is 30.3 Å². The SMILES string of the molecule is CCC(CC)CNC(=NC)N1CCC(Oc2ccccc2)CC1. The van der Waals surface area contributed by atoms with Gasteiger partial charge in [0.1, 0.15) is 11.9 Å². The zero-order valence-electron chi connectivity index (χ0n) is 14.8. The van der Waals surface area contributed by atoms with Crippen molar-refractivity contribution in [2.45, 2.75) is 45.6 Å². The monoisotopic (exact) mass is 317 g/mol. The molecule has 1 aromatic carbocycles. The van der Waals surface area contributed by atoms with E-state index in [1.807, 2.05) is 37.4 Å². The van der Waals surface area contributed by atoms with Gasteiger partial charge in [0.15, 0.2) is 5.96 Å². The molecule has 0 aromatic heterocycles. The Morgan fingerprint density at radius 1 is 1.22 bits per heavy atom. The molecule has 1 aliphatic heterocycles. The van der Waals surface area contributed by atoms with Gasteiger partial charge in [-0.15, -0.1) is 0 Å². The second-order valence-electron chi connectivity index (χ2n) is 6.23. The maximum Gasteiger partial charge on any atom is 0.193 e. The summed E-state index contributed by atoms with van der Waals surface area (Å²) >= 11 is 0. The number of ether oxygens (including phenoxy) is 1. The molecule has 1 saturated heterocycles. The van der Waals surface area contributed by atoms with Crippen molar-refractivity contribution in [1.82, 2.24) is 10.2 Å². The number of aliphatic imine (C=N–C) groups is 1. The van der Waals surface area contributed by atoms with Crippen LogP contribution >= 0.6 is 0 Å². The third-order valence-electron chi connectivity index (χ3n) is 4.70. The van der Waals surface area contributed by atoms with Crippen molar-refractivity contribution in [3.8, 4) is 5.75 Å². The first-order valence-corrected chi connectivity index (χ1v) is 8.94. The van der Waals surface area contributed by atoms with E-state index < -0.39 is 0 Å². The van der Waals surface area contributed by atoms with Crippen molar-refractivity contribution in [1.29, 1.82) is 0 Å². The molecule has 0 saturated carbocycles. The lowest BCUT2D eigenvalue weighted by atomic mass is 10.0. The smallest absolute Gasteiger partial charge is 0.193 e. The van der Waals surface area contributed by atoms with Crippen molar-refractivity contribution >= 4 is 5.96 Å². The van der Waals surface area contributed by atoms with Crippen molar-refractivity contribution < 1.29 is 4.74 Å². The minimum atomic E-state index is 0.311. The standard InChI is InChI=1S/C19H31N3O/c1-4-16(5-2)15-21-19(20-3)22-13-11-18(12-14-22)23-17-9-7-6-8-10-17/h6-10,16,18H,4-5,11-15H2,1-3H3,(H,20,21). The molecule has 4 nitrogen and oxygen atoms in total. The fraction of sp³-hybridized carbons (Fsp3) is 0.632. The molecule has 0 bridgehead atoms. The van der Waals surface area contributed by atoms with Gasteiger partial charge in [0.05, 0.1) is 0 Å². The number of nitrogens with zero attached hydrogens (tertiary/aromatic N) is 2. The van der Waals surface area contributed by atoms with E-state index in [0.717, 1.165) is 50.1 Å². The van der Waals surface area contributed by atoms with E-state index in [0.29, 0.717) is 6.10 Å². The molecule has 1 N–H and O–H groups in total. The van der Waals surface area contributed by atoms with Crippen molar-refractivity contribution in [2.24, 2.45) is 10.9 Å². The molecular weight excluding hydrogens is 286 g/mol. The Bertz CT molecular complexity index is 463. The number of rotatable bonds is 6. The first-order valence-electron chi connectivity index (χ1n) is 8.94. The van der Waals surface area contributed by atoms with Gasteiger partial charge in [-0.3, -0.25) is 4.99 Å². The summed E-state index contributed by atoms with van der Waals surface area (Å²) in [6.45, 7) is 7.52. The molecule has 23 heavy (non-hydrogen) atoms. The highest BCUT2D eigenvalue weighted by Crippen LogP contribution is 2.18. The number of likely N-dealkylation sites (tertiary alicyclic amines) is 1. The minimum absolute atomic E-state index is 0.311. The van der Waals surface area contributed by atoms with Gasteiger partial charge in [-0.1, -0.05) is 44.9 Å². The molecule has 2 rings (SSSR count). The Balaban J connectivity index is 1.78. The number of piperidine rings is 1. The molecule has 0 spiro atoms. The Kier molecular flexibility index (Phi) is 7.24. The number of para-hydroxylation sites is 1. The summed E-state index contributed by atoms with van der Waals surface area (Å²) in [5.74, 6) is 2.74. The van der Waals surface area contributed by atoms with Crippen LogP contribution in [0.3, 0.4) is 0 Å². The predicted octanol–water partition coefficient (Wildman–Crippen LogP) is 3.54. The van der Waals surface area contributed by atoms with Crippen LogP contribution in [0.25, 0.3) is 0 Å². The summed E-state index contributed by atoms with van der Waals surface area (Å²) < 4.78 is 6.06. The fourth-order valence-corrected chi connectivity index (χ4v) is 3.02. The van der Waals surface area contributed by atoms with Crippen LogP contribution in [-0.4, -0.2) is 43.6 Å². The lowest BCUT2D eigenvalue weighted by molar-refractivity contribution is 0.129. The summed E-state index contributed by atoms with van der Waals surface area (Å²) in [6, 6.07) is 10.1. The second kappa shape index (κ2) is 9.43. The quantitative estimate of drug-likeness (QED) is 0.644. The van der Waals surface area contributed by atoms with Gasteiger partial charge in [-0.25, -0.2) is 0 Å². The highest BCUT2D eigenvalue weighted by molar-refractivity contribution is 5.79. The molecule has 1 heterocycles. The van der Waals surface area contributed by atoms with Gasteiger partial charge in [0.25, 0.3) is 0 Å². The molecule has 1 fully saturated rings. The molecule has 0 aliphatic carbocycles. The lowest BCUT2D eigenvalue weighted by Gasteiger charge is -2.34. The largest absolute Gasteiger partial charge is 0.490 e. The van der Waals surface area contributed by atoms with Crippen LogP contribution in [0.4, 0.5) is 0 Å². The second-order valence-corrected chi connectivity index (χ2v) is 6.23. The molecule has 4 heteroatoms. The zero-order chi connectivity index (χ0) is 16.5. The lowest BCUT2D eigenvalue weighted by Crippen LogP contribution is -2.48. The average Bonchev–Trinajstić information content (AvgIpc) is 2.61. The van der Waals surface area contributed by atoms with Crippen LogP contribution in [0.5, 0.6) is 5.75 Å². The zero-order valence-corrected chi connectivity index (χ0v) is 14.8. The van der Waals surface area contributed by atoms with Gasteiger partial charge in [0.2, 0.25) is 0 Å². The first-order chi connectivity index (χ1) is 11.3. The van der Waals surface area contributed by atoms with Crippen LogP contribution in [0, 0.1) is 5.92 Å². The van der Waals surface area contributed by atoms with Crippen LogP contribution in [0.15, 0.2) is 35.3 Å². The number of hydrogen-bond donors (Lipinski definition) is 1. The van der Waals surface area contributed by atoms with Crippen LogP contribution < -0.4 is 10.1 Å². The van der Waals surface area contributed by atoms with E-state index >= 15 is 0 Å². The maximum atomic E-state index is 6.06. The fourth-order valence-electron chi connectivity index (χ4n) is 3.02. The van der Waals surface area contributed by atoms with Crippen LogP contribution in [0.1, 0.15) is 39.5 Å². The molecule has 1 aromatic rings. The van der Waals surface area contributed by atoms with Gasteiger partial charge >= 0.3 is 0 Å². The van der Waals surface area contributed by atoms with Gasteiger partial charge in [0, 0.05) is 39.5 Å². The first kappa shape index (κ1) is 17.6. The molecule has 128 valence electrons. The van der Waals surface area contributed by atoms with E-state index in [4.69, 9.17) is 4.74 Å². The third kappa shape index (κ3) is 5.45. The Morgan fingerprint density at radius 2 is 1.87 bits per heavy atom.